The molecule has 1 aliphatic rings. The average molecular weight is 326 g/mol. The van der Waals surface area contributed by atoms with Gasteiger partial charge in [-0.2, -0.15) is 0 Å². The van der Waals surface area contributed by atoms with E-state index in [0.29, 0.717) is 31.6 Å². The van der Waals surface area contributed by atoms with E-state index in [0.717, 1.165) is 22.2 Å². The van der Waals surface area contributed by atoms with Crippen molar-refractivity contribution in [1.82, 2.24) is 19.5 Å². The van der Waals surface area contributed by atoms with Gasteiger partial charge in [-0.05, 0) is 31.9 Å². The van der Waals surface area contributed by atoms with E-state index in [9.17, 15) is 9.59 Å². The molecule has 7 heteroatoms. The standard InChI is InChI=1S/C17H18N4O3/c1-10-2-3-13-12(8-10)16-18-14(9-15(22)21(16)19-13)11-4-6-20(7-5-11)17(23)24/h2-3,8-9,11,19H,4-7H2,1H3,(H,23,24). The quantitative estimate of drug-likeness (QED) is 0.718. The van der Waals surface area contributed by atoms with E-state index in [1.807, 2.05) is 25.1 Å². The minimum Gasteiger partial charge on any atom is -0.465 e. The summed E-state index contributed by atoms with van der Waals surface area (Å²) >= 11 is 0. The normalized spacial score (nSPS) is 16.1. The van der Waals surface area contributed by atoms with Gasteiger partial charge in [0.05, 0.1) is 11.2 Å². The summed E-state index contributed by atoms with van der Waals surface area (Å²) < 4.78 is 1.47. The highest BCUT2D eigenvalue weighted by Crippen LogP contribution is 2.27. The maximum absolute atomic E-state index is 12.5. The molecule has 3 aromatic rings. The van der Waals surface area contributed by atoms with Gasteiger partial charge >= 0.3 is 6.09 Å². The van der Waals surface area contributed by atoms with Crippen LogP contribution < -0.4 is 5.56 Å². The number of fused-ring (bicyclic) bond motifs is 3. The molecule has 24 heavy (non-hydrogen) atoms. The summed E-state index contributed by atoms with van der Waals surface area (Å²) in [6, 6.07) is 7.52. The summed E-state index contributed by atoms with van der Waals surface area (Å²) in [6.45, 7) is 2.97. The fourth-order valence-corrected chi connectivity index (χ4v) is 3.43. The molecule has 0 saturated carbocycles. The van der Waals surface area contributed by atoms with Gasteiger partial charge in [-0.15, -0.1) is 0 Å². The average Bonchev–Trinajstić information content (AvgIpc) is 2.93. The van der Waals surface area contributed by atoms with E-state index >= 15 is 0 Å². The van der Waals surface area contributed by atoms with Crippen molar-refractivity contribution in [1.29, 1.82) is 0 Å². The summed E-state index contributed by atoms with van der Waals surface area (Å²) in [6.07, 6.45) is 0.496. The Balaban J connectivity index is 1.77. The number of hydrogen-bond acceptors (Lipinski definition) is 3. The molecule has 1 saturated heterocycles. The van der Waals surface area contributed by atoms with Crippen molar-refractivity contribution in [2.75, 3.05) is 13.1 Å². The minimum atomic E-state index is -0.885. The van der Waals surface area contributed by atoms with Gasteiger partial charge in [0.15, 0.2) is 5.65 Å². The number of aryl methyl sites for hydroxylation is 1. The Morgan fingerprint density at radius 3 is 2.75 bits per heavy atom. The number of rotatable bonds is 1. The zero-order valence-electron chi connectivity index (χ0n) is 13.3. The summed E-state index contributed by atoms with van der Waals surface area (Å²) in [4.78, 5) is 29.6. The Bertz CT molecular complexity index is 996. The lowest BCUT2D eigenvalue weighted by Crippen LogP contribution is -2.37. The van der Waals surface area contributed by atoms with Crippen LogP contribution in [0.3, 0.4) is 0 Å². The van der Waals surface area contributed by atoms with Crippen LogP contribution in [0.25, 0.3) is 16.6 Å². The Morgan fingerprint density at radius 2 is 2.04 bits per heavy atom. The topological polar surface area (TPSA) is 90.7 Å². The molecule has 1 amide bonds. The fraction of sp³-hybridized carbons (Fsp3) is 0.353. The SMILES string of the molecule is Cc1ccc2[nH]n3c(=O)cc(C4CCN(C(=O)O)CC4)nc3c2c1. The van der Waals surface area contributed by atoms with Crippen LogP contribution in [0.1, 0.15) is 30.0 Å². The molecule has 0 atom stereocenters. The molecule has 3 heterocycles. The monoisotopic (exact) mass is 326 g/mol. The van der Waals surface area contributed by atoms with Crippen LogP contribution in [0.4, 0.5) is 4.79 Å². The summed E-state index contributed by atoms with van der Waals surface area (Å²) in [5.41, 5.74) is 3.25. The number of hydrogen-bond donors (Lipinski definition) is 2. The zero-order valence-corrected chi connectivity index (χ0v) is 13.3. The number of carboxylic acid groups (broad SMARTS) is 1. The number of piperidine rings is 1. The van der Waals surface area contributed by atoms with Crippen LogP contribution >= 0.6 is 0 Å². The molecule has 0 radical (unpaired) electrons. The van der Waals surface area contributed by atoms with Crippen LogP contribution in [-0.4, -0.2) is 43.8 Å². The second-order valence-electron chi connectivity index (χ2n) is 6.38. The molecule has 1 aromatic carbocycles. The smallest absolute Gasteiger partial charge is 0.407 e. The van der Waals surface area contributed by atoms with Crippen molar-refractivity contribution in [2.45, 2.75) is 25.7 Å². The van der Waals surface area contributed by atoms with Gasteiger partial charge in [0.25, 0.3) is 5.56 Å². The summed E-state index contributed by atoms with van der Waals surface area (Å²) in [7, 11) is 0. The first-order valence-electron chi connectivity index (χ1n) is 8.03. The van der Waals surface area contributed by atoms with Gasteiger partial charge in [0, 0.05) is 30.5 Å². The van der Waals surface area contributed by atoms with E-state index in [2.05, 4.69) is 5.10 Å². The number of nitrogens with one attached hydrogen (secondary N) is 1. The summed E-state index contributed by atoms with van der Waals surface area (Å²) in [5.74, 6) is 0.119. The third-order valence-corrected chi connectivity index (χ3v) is 4.77. The molecule has 0 bridgehead atoms. The third kappa shape index (κ3) is 2.33. The maximum Gasteiger partial charge on any atom is 0.407 e. The Kier molecular flexibility index (Phi) is 3.30. The van der Waals surface area contributed by atoms with Gasteiger partial charge < -0.3 is 10.0 Å². The van der Waals surface area contributed by atoms with Crippen LogP contribution in [0.5, 0.6) is 0 Å². The Morgan fingerprint density at radius 1 is 1.29 bits per heavy atom. The molecular formula is C17H18N4O3. The van der Waals surface area contributed by atoms with Gasteiger partial charge in [-0.25, -0.2) is 14.3 Å². The minimum absolute atomic E-state index is 0.119. The van der Waals surface area contributed by atoms with E-state index in [4.69, 9.17) is 10.1 Å². The summed E-state index contributed by atoms with van der Waals surface area (Å²) in [5, 5.41) is 13.1. The van der Waals surface area contributed by atoms with E-state index in [1.165, 1.54) is 9.42 Å². The van der Waals surface area contributed by atoms with Crippen molar-refractivity contribution in [3.63, 3.8) is 0 Å². The lowest BCUT2D eigenvalue weighted by molar-refractivity contribution is 0.131. The molecule has 1 fully saturated rings. The molecule has 0 spiro atoms. The van der Waals surface area contributed by atoms with Crippen molar-refractivity contribution in [3.05, 3.63) is 45.9 Å². The lowest BCUT2D eigenvalue weighted by atomic mass is 9.93. The van der Waals surface area contributed by atoms with Crippen molar-refractivity contribution < 1.29 is 9.90 Å². The second-order valence-corrected chi connectivity index (χ2v) is 6.38. The number of aromatic nitrogens is 3. The lowest BCUT2D eigenvalue weighted by Gasteiger charge is -2.29. The molecule has 2 N–H and O–H groups in total. The predicted octanol–water partition coefficient (Wildman–Crippen LogP) is 2.34. The predicted molar refractivity (Wildman–Crippen MR) is 89.6 cm³/mol. The number of nitrogens with zero attached hydrogens (tertiary/aromatic N) is 3. The van der Waals surface area contributed by atoms with Crippen LogP contribution in [0.2, 0.25) is 0 Å². The molecular weight excluding hydrogens is 308 g/mol. The van der Waals surface area contributed by atoms with Gasteiger partial charge in [-0.3, -0.25) is 9.89 Å². The molecule has 4 rings (SSSR count). The van der Waals surface area contributed by atoms with Gasteiger partial charge in [0.2, 0.25) is 0 Å². The van der Waals surface area contributed by atoms with E-state index in [-0.39, 0.29) is 11.5 Å². The van der Waals surface area contributed by atoms with Gasteiger partial charge in [0.1, 0.15) is 0 Å². The number of amides is 1. The van der Waals surface area contributed by atoms with Crippen LogP contribution in [0, 0.1) is 6.92 Å². The van der Waals surface area contributed by atoms with Crippen LogP contribution in [-0.2, 0) is 0 Å². The number of aromatic amines is 1. The van der Waals surface area contributed by atoms with Crippen molar-refractivity contribution in [2.24, 2.45) is 0 Å². The van der Waals surface area contributed by atoms with Crippen molar-refractivity contribution >= 4 is 22.6 Å². The Hall–Kier alpha value is -2.83. The molecule has 7 nitrogen and oxygen atoms in total. The number of likely N-dealkylation sites (tertiary alicyclic amines) is 1. The van der Waals surface area contributed by atoms with Crippen LogP contribution in [0.15, 0.2) is 29.1 Å². The molecule has 1 aliphatic heterocycles. The highest BCUT2D eigenvalue weighted by Gasteiger charge is 2.25. The highest BCUT2D eigenvalue weighted by atomic mass is 16.4. The molecule has 0 aliphatic carbocycles. The molecule has 0 unspecified atom stereocenters. The maximum atomic E-state index is 12.5. The first kappa shape index (κ1) is 14.7. The third-order valence-electron chi connectivity index (χ3n) is 4.77. The van der Waals surface area contributed by atoms with Gasteiger partial charge in [-0.1, -0.05) is 11.6 Å². The second kappa shape index (κ2) is 5.36. The van der Waals surface area contributed by atoms with E-state index in [1.54, 1.807) is 6.07 Å². The number of carbonyl (C=O) groups is 1. The largest absolute Gasteiger partial charge is 0.465 e. The number of H-pyrrole nitrogens is 1. The fourth-order valence-electron chi connectivity index (χ4n) is 3.43. The Labute approximate surface area is 137 Å². The molecule has 2 aromatic heterocycles. The zero-order chi connectivity index (χ0) is 16.8. The van der Waals surface area contributed by atoms with E-state index < -0.39 is 6.09 Å². The first-order valence-corrected chi connectivity index (χ1v) is 8.03. The van der Waals surface area contributed by atoms with Crippen molar-refractivity contribution in [3.8, 4) is 0 Å². The highest BCUT2D eigenvalue weighted by molar-refractivity contribution is 5.92. The first-order chi connectivity index (χ1) is 11.5. The number of benzene rings is 1. The molecule has 124 valence electrons.